The lowest BCUT2D eigenvalue weighted by Crippen LogP contribution is -2.41. The molecular weight excluding hydrogens is 264 g/mol. The van der Waals surface area contributed by atoms with Gasteiger partial charge in [0, 0.05) is 12.0 Å². The van der Waals surface area contributed by atoms with Crippen molar-refractivity contribution in [3.63, 3.8) is 0 Å². The van der Waals surface area contributed by atoms with Crippen LogP contribution in [0.1, 0.15) is 35.2 Å². The van der Waals surface area contributed by atoms with Crippen molar-refractivity contribution in [3.8, 4) is 0 Å². The number of hydrogen-bond acceptors (Lipinski definition) is 2. The largest absolute Gasteiger partial charge is 0.273 e. The van der Waals surface area contributed by atoms with Gasteiger partial charge in [-0.05, 0) is 23.6 Å². The minimum atomic E-state index is -0.323. The van der Waals surface area contributed by atoms with Gasteiger partial charge in [0.15, 0.2) is 0 Å². The van der Waals surface area contributed by atoms with Crippen molar-refractivity contribution in [2.45, 2.75) is 19.3 Å². The minimum absolute atomic E-state index is 0.0971. The third-order valence-corrected chi connectivity index (χ3v) is 3.21. The van der Waals surface area contributed by atoms with Crippen LogP contribution in [0.3, 0.4) is 0 Å². The first kappa shape index (κ1) is 14.8. The molecule has 0 heterocycles. The van der Waals surface area contributed by atoms with E-state index in [2.05, 4.69) is 10.9 Å². The molecule has 21 heavy (non-hydrogen) atoms. The van der Waals surface area contributed by atoms with Gasteiger partial charge in [-0.25, -0.2) is 0 Å². The van der Waals surface area contributed by atoms with E-state index in [0.717, 1.165) is 5.56 Å². The van der Waals surface area contributed by atoms with Crippen molar-refractivity contribution < 1.29 is 9.59 Å². The van der Waals surface area contributed by atoms with Crippen LogP contribution in [-0.4, -0.2) is 11.8 Å². The Hall–Kier alpha value is -2.62. The first-order chi connectivity index (χ1) is 10.2. The number of carbonyl (C=O) groups excluding carboxylic acids is 2. The second kappa shape index (κ2) is 7.24. The van der Waals surface area contributed by atoms with Gasteiger partial charge in [0.1, 0.15) is 0 Å². The SMILES string of the molecule is C[C@H](CC(=O)NNC(=O)c1ccccc1)c1ccccc1. The molecule has 0 bridgehead atoms. The Labute approximate surface area is 124 Å². The molecule has 0 unspecified atom stereocenters. The molecule has 0 fully saturated rings. The summed E-state index contributed by atoms with van der Waals surface area (Å²) < 4.78 is 0. The van der Waals surface area contributed by atoms with Crippen LogP contribution < -0.4 is 10.9 Å². The van der Waals surface area contributed by atoms with E-state index < -0.39 is 0 Å². The van der Waals surface area contributed by atoms with Crippen LogP contribution in [0.2, 0.25) is 0 Å². The minimum Gasteiger partial charge on any atom is -0.273 e. The number of hydrazine groups is 1. The normalized spacial score (nSPS) is 11.5. The van der Waals surface area contributed by atoms with E-state index in [1.165, 1.54) is 0 Å². The lowest BCUT2D eigenvalue weighted by molar-refractivity contribution is -0.122. The van der Waals surface area contributed by atoms with Gasteiger partial charge < -0.3 is 0 Å². The standard InChI is InChI=1S/C17H18N2O2/c1-13(14-8-4-2-5-9-14)12-16(20)18-19-17(21)15-10-6-3-7-11-15/h2-11,13H,12H2,1H3,(H,18,20)(H,19,21)/t13-/m1/s1. The zero-order chi connectivity index (χ0) is 15.1. The molecule has 0 saturated carbocycles. The van der Waals surface area contributed by atoms with Crippen LogP contribution in [0.25, 0.3) is 0 Å². The molecular formula is C17H18N2O2. The molecule has 0 aromatic heterocycles. The van der Waals surface area contributed by atoms with Crippen LogP contribution in [0.4, 0.5) is 0 Å². The fraction of sp³-hybridized carbons (Fsp3) is 0.176. The van der Waals surface area contributed by atoms with E-state index in [4.69, 9.17) is 0 Å². The zero-order valence-corrected chi connectivity index (χ0v) is 11.9. The van der Waals surface area contributed by atoms with Gasteiger partial charge in [0.05, 0.1) is 0 Å². The molecule has 0 radical (unpaired) electrons. The van der Waals surface area contributed by atoms with Gasteiger partial charge in [-0.3, -0.25) is 20.4 Å². The van der Waals surface area contributed by atoms with Gasteiger partial charge in [-0.15, -0.1) is 0 Å². The van der Waals surface area contributed by atoms with Crippen LogP contribution in [-0.2, 0) is 4.79 Å². The van der Waals surface area contributed by atoms with Gasteiger partial charge in [-0.1, -0.05) is 55.5 Å². The predicted octanol–water partition coefficient (Wildman–Crippen LogP) is 2.64. The number of benzene rings is 2. The molecule has 2 aromatic rings. The highest BCUT2D eigenvalue weighted by Crippen LogP contribution is 2.17. The molecule has 0 aliphatic rings. The van der Waals surface area contributed by atoms with Gasteiger partial charge in [0.2, 0.25) is 5.91 Å². The highest BCUT2D eigenvalue weighted by Gasteiger charge is 2.12. The van der Waals surface area contributed by atoms with E-state index in [1.807, 2.05) is 43.3 Å². The lowest BCUT2D eigenvalue weighted by Gasteiger charge is -2.12. The molecule has 2 amide bonds. The highest BCUT2D eigenvalue weighted by molar-refractivity contribution is 5.95. The Morgan fingerprint density at radius 2 is 1.48 bits per heavy atom. The average Bonchev–Trinajstić information content (AvgIpc) is 2.54. The molecule has 4 nitrogen and oxygen atoms in total. The Bertz CT molecular complexity index is 597. The first-order valence-electron chi connectivity index (χ1n) is 6.86. The lowest BCUT2D eigenvalue weighted by atomic mass is 9.98. The van der Waals surface area contributed by atoms with Gasteiger partial charge in [0.25, 0.3) is 5.91 Å². The van der Waals surface area contributed by atoms with E-state index in [9.17, 15) is 9.59 Å². The number of hydrogen-bond donors (Lipinski definition) is 2. The second-order valence-electron chi connectivity index (χ2n) is 4.88. The summed E-state index contributed by atoms with van der Waals surface area (Å²) in [5.41, 5.74) is 6.47. The maximum atomic E-state index is 11.8. The molecule has 2 rings (SSSR count). The molecule has 108 valence electrons. The van der Waals surface area contributed by atoms with Gasteiger partial charge in [-0.2, -0.15) is 0 Å². The van der Waals surface area contributed by atoms with E-state index in [1.54, 1.807) is 24.3 Å². The summed E-state index contributed by atoms with van der Waals surface area (Å²) in [5, 5.41) is 0. The summed E-state index contributed by atoms with van der Waals surface area (Å²) in [6.45, 7) is 1.98. The predicted molar refractivity (Wildman–Crippen MR) is 81.5 cm³/mol. The van der Waals surface area contributed by atoms with Crippen LogP contribution >= 0.6 is 0 Å². The Morgan fingerprint density at radius 3 is 2.10 bits per heavy atom. The summed E-state index contributed by atoms with van der Waals surface area (Å²) in [7, 11) is 0. The quantitative estimate of drug-likeness (QED) is 0.847. The molecule has 0 saturated heterocycles. The average molecular weight is 282 g/mol. The molecule has 0 aliphatic heterocycles. The number of amides is 2. The third kappa shape index (κ3) is 4.45. The molecule has 0 spiro atoms. The van der Waals surface area contributed by atoms with Crippen LogP contribution in [0, 0.1) is 0 Å². The summed E-state index contributed by atoms with van der Waals surface area (Å²) >= 11 is 0. The van der Waals surface area contributed by atoms with Crippen LogP contribution in [0.15, 0.2) is 60.7 Å². The maximum Gasteiger partial charge on any atom is 0.269 e. The van der Waals surface area contributed by atoms with Crippen molar-refractivity contribution in [1.82, 2.24) is 10.9 Å². The van der Waals surface area contributed by atoms with Crippen molar-refractivity contribution >= 4 is 11.8 Å². The van der Waals surface area contributed by atoms with Crippen molar-refractivity contribution in [3.05, 3.63) is 71.8 Å². The highest BCUT2D eigenvalue weighted by atomic mass is 16.2. The van der Waals surface area contributed by atoms with Crippen molar-refractivity contribution in [2.24, 2.45) is 0 Å². The monoisotopic (exact) mass is 282 g/mol. The number of carbonyl (C=O) groups is 2. The van der Waals surface area contributed by atoms with Crippen molar-refractivity contribution in [1.29, 1.82) is 0 Å². The Kier molecular flexibility index (Phi) is 5.10. The van der Waals surface area contributed by atoms with E-state index in [-0.39, 0.29) is 17.7 Å². The summed E-state index contributed by atoms with van der Waals surface area (Å²) in [4.78, 5) is 23.6. The fourth-order valence-corrected chi connectivity index (χ4v) is 2.02. The van der Waals surface area contributed by atoms with Gasteiger partial charge >= 0.3 is 0 Å². The molecule has 4 heteroatoms. The zero-order valence-electron chi connectivity index (χ0n) is 11.9. The number of rotatable bonds is 4. The molecule has 2 aromatic carbocycles. The summed E-state index contributed by atoms with van der Waals surface area (Å²) in [6, 6.07) is 18.6. The van der Waals surface area contributed by atoms with E-state index in [0.29, 0.717) is 12.0 Å². The summed E-state index contributed by atoms with van der Waals surface area (Å²) in [6.07, 6.45) is 0.319. The Morgan fingerprint density at radius 1 is 0.905 bits per heavy atom. The number of nitrogens with one attached hydrogen (secondary N) is 2. The van der Waals surface area contributed by atoms with Crippen LogP contribution in [0.5, 0.6) is 0 Å². The first-order valence-corrected chi connectivity index (χ1v) is 6.86. The molecule has 0 aliphatic carbocycles. The topological polar surface area (TPSA) is 58.2 Å². The fourth-order valence-electron chi connectivity index (χ4n) is 2.02. The second-order valence-corrected chi connectivity index (χ2v) is 4.88. The van der Waals surface area contributed by atoms with E-state index >= 15 is 0 Å². The third-order valence-electron chi connectivity index (χ3n) is 3.21. The Balaban J connectivity index is 1.81. The maximum absolute atomic E-state index is 11.8. The molecule has 2 N–H and O–H groups in total. The summed E-state index contributed by atoms with van der Waals surface area (Å²) in [5.74, 6) is -0.438. The molecule has 1 atom stereocenters. The smallest absolute Gasteiger partial charge is 0.269 e. The van der Waals surface area contributed by atoms with Crippen molar-refractivity contribution in [2.75, 3.05) is 0 Å².